The van der Waals surface area contributed by atoms with Crippen LogP contribution < -0.4 is 0 Å². The average Bonchev–Trinajstić information content (AvgIpc) is 2.25. The van der Waals surface area contributed by atoms with Gasteiger partial charge in [0.15, 0.2) is 5.03 Å². The van der Waals surface area contributed by atoms with E-state index in [-0.39, 0.29) is 10.6 Å². The van der Waals surface area contributed by atoms with E-state index < -0.39 is 10.0 Å². The predicted molar refractivity (Wildman–Crippen MR) is 66.2 cm³/mol. The van der Waals surface area contributed by atoms with Crippen molar-refractivity contribution in [2.45, 2.75) is 43.7 Å². The maximum absolute atomic E-state index is 12.5. The molecule has 0 N–H and O–H groups in total. The first-order chi connectivity index (χ1) is 7.88. The van der Waals surface area contributed by atoms with E-state index >= 15 is 0 Å². The summed E-state index contributed by atoms with van der Waals surface area (Å²) >= 11 is 0. The van der Waals surface area contributed by atoms with Crippen molar-refractivity contribution in [2.75, 3.05) is 7.05 Å². The average molecular weight is 254 g/mol. The zero-order valence-corrected chi connectivity index (χ0v) is 11.3. The fourth-order valence-corrected chi connectivity index (χ4v) is 3.86. The van der Waals surface area contributed by atoms with Crippen molar-refractivity contribution in [3.63, 3.8) is 0 Å². The quantitative estimate of drug-likeness (QED) is 0.828. The van der Waals surface area contributed by atoms with Crippen LogP contribution in [0.1, 0.15) is 31.7 Å². The minimum absolute atomic E-state index is 0.177. The summed E-state index contributed by atoms with van der Waals surface area (Å²) in [4.78, 5) is 4.01. The van der Waals surface area contributed by atoms with Crippen LogP contribution >= 0.6 is 0 Å². The van der Waals surface area contributed by atoms with E-state index in [1.54, 1.807) is 26.1 Å². The summed E-state index contributed by atoms with van der Waals surface area (Å²) in [5.74, 6) is 0. The molecule has 2 rings (SSSR count). The Morgan fingerprint density at radius 1 is 1.41 bits per heavy atom. The minimum Gasteiger partial charge on any atom is -0.243 e. The molecule has 1 aromatic heterocycles. The van der Waals surface area contributed by atoms with Crippen LogP contribution in [0.5, 0.6) is 0 Å². The molecule has 1 saturated carbocycles. The van der Waals surface area contributed by atoms with Gasteiger partial charge in [-0.05, 0) is 44.7 Å². The first kappa shape index (κ1) is 12.5. The van der Waals surface area contributed by atoms with E-state index in [2.05, 4.69) is 4.98 Å². The molecule has 17 heavy (non-hydrogen) atoms. The van der Waals surface area contributed by atoms with Crippen molar-refractivity contribution >= 4 is 10.0 Å². The maximum Gasteiger partial charge on any atom is 0.261 e. The number of hydrogen-bond acceptors (Lipinski definition) is 3. The molecule has 0 amide bonds. The summed E-state index contributed by atoms with van der Waals surface area (Å²) in [5, 5.41) is 0.177. The number of aryl methyl sites for hydroxylation is 1. The van der Waals surface area contributed by atoms with E-state index in [1.165, 1.54) is 10.5 Å². The third-order valence-corrected chi connectivity index (χ3v) is 5.84. The Bertz CT molecular complexity index is 521. The lowest BCUT2D eigenvalue weighted by Crippen LogP contribution is -2.52. The maximum atomic E-state index is 12.5. The molecule has 0 aliphatic heterocycles. The van der Waals surface area contributed by atoms with Gasteiger partial charge in [-0.1, -0.05) is 6.07 Å². The van der Waals surface area contributed by atoms with Gasteiger partial charge in [0.2, 0.25) is 0 Å². The Kier molecular flexibility index (Phi) is 2.99. The summed E-state index contributed by atoms with van der Waals surface area (Å²) in [6.07, 6.45) is 4.47. The normalized spacial score (nSPS) is 19.1. The summed E-state index contributed by atoms with van der Waals surface area (Å²) in [5.41, 5.74) is 0.463. The van der Waals surface area contributed by atoms with Gasteiger partial charge in [0, 0.05) is 18.8 Å². The highest BCUT2D eigenvalue weighted by Crippen LogP contribution is 2.39. The van der Waals surface area contributed by atoms with Crippen LogP contribution in [-0.2, 0) is 10.0 Å². The van der Waals surface area contributed by atoms with Gasteiger partial charge in [0.25, 0.3) is 10.0 Å². The summed E-state index contributed by atoms with van der Waals surface area (Å²) in [6.45, 7) is 3.77. The van der Waals surface area contributed by atoms with E-state index in [4.69, 9.17) is 0 Å². The van der Waals surface area contributed by atoms with Crippen LogP contribution in [0.25, 0.3) is 0 Å². The molecule has 1 heterocycles. The summed E-state index contributed by atoms with van der Waals surface area (Å²) in [6, 6.07) is 3.52. The highest BCUT2D eigenvalue weighted by Gasteiger charge is 2.43. The van der Waals surface area contributed by atoms with Crippen molar-refractivity contribution in [2.24, 2.45) is 0 Å². The molecule has 0 bridgehead atoms. The van der Waals surface area contributed by atoms with Crippen LogP contribution in [0, 0.1) is 6.92 Å². The molecular formula is C12H18N2O2S. The van der Waals surface area contributed by atoms with Crippen LogP contribution in [0.4, 0.5) is 0 Å². The zero-order chi connectivity index (χ0) is 12.7. The Balaban J connectivity index is 2.40. The Hall–Kier alpha value is -0.940. The largest absolute Gasteiger partial charge is 0.261 e. The van der Waals surface area contributed by atoms with Gasteiger partial charge in [0.1, 0.15) is 0 Å². The van der Waals surface area contributed by atoms with Gasteiger partial charge in [-0.3, -0.25) is 0 Å². The second-order valence-electron chi connectivity index (χ2n) is 4.95. The van der Waals surface area contributed by atoms with Gasteiger partial charge in [-0.25, -0.2) is 13.4 Å². The van der Waals surface area contributed by atoms with Crippen LogP contribution in [0.2, 0.25) is 0 Å². The van der Waals surface area contributed by atoms with Crippen molar-refractivity contribution in [3.05, 3.63) is 23.9 Å². The molecule has 5 heteroatoms. The summed E-state index contributed by atoms with van der Waals surface area (Å²) < 4.78 is 26.4. The zero-order valence-electron chi connectivity index (χ0n) is 10.5. The van der Waals surface area contributed by atoms with Crippen molar-refractivity contribution in [3.8, 4) is 0 Å². The molecule has 1 fully saturated rings. The molecule has 1 aliphatic rings. The first-order valence-electron chi connectivity index (χ1n) is 5.79. The molecule has 0 atom stereocenters. The Morgan fingerprint density at radius 3 is 2.53 bits per heavy atom. The lowest BCUT2D eigenvalue weighted by atomic mass is 9.79. The Labute approximate surface area is 103 Å². The highest BCUT2D eigenvalue weighted by atomic mass is 32.2. The number of nitrogens with zero attached hydrogens (tertiary/aromatic N) is 2. The van der Waals surface area contributed by atoms with Gasteiger partial charge in [0.05, 0.1) is 0 Å². The Morgan fingerprint density at radius 2 is 2.06 bits per heavy atom. The molecule has 0 saturated heterocycles. The SMILES string of the molecule is Cc1cccnc1S(=O)(=O)N(C)C1(C)CCC1. The number of rotatable bonds is 3. The standard InChI is InChI=1S/C12H18N2O2S/c1-10-6-4-9-13-11(10)17(15,16)14(3)12(2)7-5-8-12/h4,6,9H,5,7-8H2,1-3H3. The third-order valence-electron chi connectivity index (χ3n) is 3.76. The smallest absolute Gasteiger partial charge is 0.243 e. The molecule has 4 nitrogen and oxygen atoms in total. The van der Waals surface area contributed by atoms with E-state index in [0.29, 0.717) is 5.56 Å². The van der Waals surface area contributed by atoms with E-state index in [1.807, 2.05) is 6.92 Å². The van der Waals surface area contributed by atoms with Crippen LogP contribution in [-0.4, -0.2) is 30.3 Å². The second kappa shape index (κ2) is 4.07. The van der Waals surface area contributed by atoms with Gasteiger partial charge < -0.3 is 0 Å². The second-order valence-corrected chi connectivity index (χ2v) is 6.83. The van der Waals surface area contributed by atoms with Crippen molar-refractivity contribution in [1.82, 2.24) is 9.29 Å². The molecule has 0 spiro atoms. The lowest BCUT2D eigenvalue weighted by molar-refractivity contribution is 0.129. The number of sulfonamides is 1. The molecule has 94 valence electrons. The molecule has 0 unspecified atom stereocenters. The lowest BCUT2D eigenvalue weighted by Gasteiger charge is -2.44. The molecule has 0 aromatic carbocycles. The number of hydrogen-bond donors (Lipinski definition) is 0. The topological polar surface area (TPSA) is 50.3 Å². The predicted octanol–water partition coefficient (Wildman–Crippen LogP) is 1.95. The van der Waals surface area contributed by atoms with Crippen molar-refractivity contribution in [1.29, 1.82) is 0 Å². The molecule has 1 aromatic rings. The fraction of sp³-hybridized carbons (Fsp3) is 0.583. The minimum atomic E-state index is -3.47. The monoisotopic (exact) mass is 254 g/mol. The molecular weight excluding hydrogens is 236 g/mol. The number of pyridine rings is 1. The van der Waals surface area contributed by atoms with Crippen LogP contribution in [0.3, 0.4) is 0 Å². The van der Waals surface area contributed by atoms with Gasteiger partial charge in [-0.15, -0.1) is 0 Å². The highest BCUT2D eigenvalue weighted by molar-refractivity contribution is 7.89. The fourth-order valence-electron chi connectivity index (χ4n) is 2.16. The summed E-state index contributed by atoms with van der Waals surface area (Å²) in [7, 11) is -1.81. The number of aromatic nitrogens is 1. The van der Waals surface area contributed by atoms with E-state index in [0.717, 1.165) is 19.3 Å². The molecule has 0 radical (unpaired) electrons. The van der Waals surface area contributed by atoms with Crippen molar-refractivity contribution < 1.29 is 8.42 Å². The van der Waals surface area contributed by atoms with Gasteiger partial charge >= 0.3 is 0 Å². The van der Waals surface area contributed by atoms with E-state index in [9.17, 15) is 8.42 Å². The van der Waals surface area contributed by atoms with Gasteiger partial charge in [-0.2, -0.15) is 4.31 Å². The first-order valence-corrected chi connectivity index (χ1v) is 7.23. The van der Waals surface area contributed by atoms with Crippen LogP contribution in [0.15, 0.2) is 23.4 Å². The third kappa shape index (κ3) is 1.98. The molecule has 1 aliphatic carbocycles.